The molecule has 2 heterocycles. The van der Waals surface area contributed by atoms with E-state index in [0.717, 1.165) is 24.8 Å². The van der Waals surface area contributed by atoms with Gasteiger partial charge in [-0.1, -0.05) is 6.07 Å². The lowest BCUT2D eigenvalue weighted by molar-refractivity contribution is -0.255. The summed E-state index contributed by atoms with van der Waals surface area (Å²) in [5.74, 6) is -0.519. The van der Waals surface area contributed by atoms with E-state index in [1.807, 2.05) is 0 Å². The van der Waals surface area contributed by atoms with Gasteiger partial charge in [0.2, 0.25) is 0 Å². The van der Waals surface area contributed by atoms with Crippen LogP contribution in [0, 0.1) is 0 Å². The summed E-state index contributed by atoms with van der Waals surface area (Å²) in [7, 11) is 0. The number of anilines is 1. The van der Waals surface area contributed by atoms with Gasteiger partial charge in [0.1, 0.15) is 12.1 Å². The molecular weight excluding hydrogens is 258 g/mol. The first-order valence-electron chi connectivity index (χ1n) is 6.55. The Morgan fingerprint density at radius 2 is 2.35 bits per heavy atom. The monoisotopic (exact) mass is 272 g/mol. The second kappa shape index (κ2) is 5.42. The molecule has 0 radical (unpaired) electrons. The molecule has 6 heteroatoms. The van der Waals surface area contributed by atoms with Crippen LogP contribution in [0.4, 0.5) is 5.82 Å². The summed E-state index contributed by atoms with van der Waals surface area (Å²) < 4.78 is 5.55. The molecule has 1 atom stereocenters. The van der Waals surface area contributed by atoms with Gasteiger partial charge in [-0.25, -0.2) is 9.97 Å². The number of aromatic carboxylic acids is 1. The molecule has 0 saturated carbocycles. The Bertz CT molecular complexity index is 639. The summed E-state index contributed by atoms with van der Waals surface area (Å²) in [5, 5.41) is 14.9. The average Bonchev–Trinajstić information content (AvgIpc) is 2.97. The molecule has 3 rings (SSSR count). The van der Waals surface area contributed by atoms with Gasteiger partial charge in [-0.3, -0.25) is 0 Å². The minimum atomic E-state index is -1.21. The highest BCUT2D eigenvalue weighted by Crippen LogP contribution is 2.21. The first-order valence-corrected chi connectivity index (χ1v) is 6.55. The third-order valence-corrected chi connectivity index (χ3v) is 3.39. The van der Waals surface area contributed by atoms with Crippen LogP contribution in [0.2, 0.25) is 0 Å². The van der Waals surface area contributed by atoms with Crippen molar-refractivity contribution in [2.45, 2.75) is 18.9 Å². The number of carboxylic acid groups (broad SMARTS) is 1. The zero-order valence-electron chi connectivity index (χ0n) is 10.8. The highest BCUT2D eigenvalue weighted by Gasteiger charge is 2.15. The van der Waals surface area contributed by atoms with E-state index >= 15 is 0 Å². The number of fused-ring (bicyclic) bond motifs is 1. The van der Waals surface area contributed by atoms with E-state index in [1.54, 1.807) is 6.07 Å². The summed E-state index contributed by atoms with van der Waals surface area (Å²) in [6.45, 7) is 1.50. The second-order valence-corrected chi connectivity index (χ2v) is 4.76. The van der Waals surface area contributed by atoms with Crippen LogP contribution in [0.1, 0.15) is 23.2 Å². The summed E-state index contributed by atoms with van der Waals surface area (Å²) in [4.78, 5) is 19.1. The highest BCUT2D eigenvalue weighted by atomic mass is 16.5. The number of aromatic nitrogens is 2. The molecule has 0 unspecified atom stereocenters. The number of nitrogens with one attached hydrogen (secondary N) is 1. The third kappa shape index (κ3) is 2.55. The van der Waals surface area contributed by atoms with Gasteiger partial charge < -0.3 is 20.0 Å². The molecule has 2 aromatic rings. The number of carbonyl (C=O) groups excluding carboxylic acids is 1. The Balaban J connectivity index is 1.85. The lowest BCUT2D eigenvalue weighted by Gasteiger charge is -2.13. The first kappa shape index (κ1) is 12.8. The maximum atomic E-state index is 10.8. The number of nitrogens with zero attached hydrogens (tertiary/aromatic N) is 2. The quantitative estimate of drug-likeness (QED) is 0.876. The summed E-state index contributed by atoms with van der Waals surface area (Å²) >= 11 is 0. The summed E-state index contributed by atoms with van der Waals surface area (Å²) in [5.41, 5.74) is 0.692. The van der Waals surface area contributed by atoms with Gasteiger partial charge in [-0.2, -0.15) is 0 Å². The minimum Gasteiger partial charge on any atom is -0.545 e. The molecule has 1 aromatic carbocycles. The molecule has 1 saturated heterocycles. The molecule has 0 bridgehead atoms. The van der Waals surface area contributed by atoms with Crippen LogP contribution >= 0.6 is 0 Å². The largest absolute Gasteiger partial charge is 0.545 e. The lowest BCUT2D eigenvalue weighted by atomic mass is 10.1. The van der Waals surface area contributed by atoms with Crippen LogP contribution in [-0.2, 0) is 4.74 Å². The molecule has 1 aromatic heterocycles. The molecule has 1 fully saturated rings. The van der Waals surface area contributed by atoms with E-state index in [9.17, 15) is 9.90 Å². The molecule has 104 valence electrons. The van der Waals surface area contributed by atoms with Crippen molar-refractivity contribution >= 4 is 22.7 Å². The molecule has 1 aliphatic rings. The zero-order chi connectivity index (χ0) is 13.9. The van der Waals surface area contributed by atoms with Crippen molar-refractivity contribution < 1.29 is 14.6 Å². The van der Waals surface area contributed by atoms with E-state index in [0.29, 0.717) is 17.9 Å². The molecule has 6 nitrogen and oxygen atoms in total. The van der Waals surface area contributed by atoms with Crippen LogP contribution < -0.4 is 10.4 Å². The van der Waals surface area contributed by atoms with Gasteiger partial charge in [0.15, 0.2) is 0 Å². The van der Waals surface area contributed by atoms with Gasteiger partial charge in [0, 0.05) is 18.5 Å². The van der Waals surface area contributed by atoms with Crippen molar-refractivity contribution in [1.82, 2.24) is 9.97 Å². The van der Waals surface area contributed by atoms with Crippen molar-refractivity contribution in [2.24, 2.45) is 0 Å². The van der Waals surface area contributed by atoms with E-state index in [-0.39, 0.29) is 11.7 Å². The molecule has 20 heavy (non-hydrogen) atoms. The topological polar surface area (TPSA) is 87.2 Å². The lowest BCUT2D eigenvalue weighted by Crippen LogP contribution is -2.22. The summed E-state index contributed by atoms with van der Waals surface area (Å²) in [6.07, 6.45) is 3.76. The van der Waals surface area contributed by atoms with E-state index in [1.165, 1.54) is 18.5 Å². The Morgan fingerprint density at radius 1 is 1.45 bits per heavy atom. The molecule has 1 N–H and O–H groups in total. The second-order valence-electron chi connectivity index (χ2n) is 4.76. The smallest absolute Gasteiger partial charge is 0.137 e. The van der Waals surface area contributed by atoms with Gasteiger partial charge >= 0.3 is 0 Å². The van der Waals surface area contributed by atoms with Gasteiger partial charge in [0.25, 0.3) is 0 Å². The highest BCUT2D eigenvalue weighted by molar-refractivity contribution is 5.95. The van der Waals surface area contributed by atoms with E-state index in [4.69, 9.17) is 4.74 Å². The van der Waals surface area contributed by atoms with Crippen molar-refractivity contribution in [2.75, 3.05) is 18.5 Å². The predicted octanol–water partition coefficient (Wildman–Crippen LogP) is 0.584. The van der Waals surface area contributed by atoms with Crippen molar-refractivity contribution in [3.8, 4) is 0 Å². The third-order valence-electron chi connectivity index (χ3n) is 3.39. The Morgan fingerprint density at radius 3 is 3.10 bits per heavy atom. The number of benzene rings is 1. The number of hydrogen-bond donors (Lipinski definition) is 1. The van der Waals surface area contributed by atoms with Crippen molar-refractivity contribution in [1.29, 1.82) is 0 Å². The molecule has 0 spiro atoms. The predicted molar refractivity (Wildman–Crippen MR) is 71.3 cm³/mol. The molecule has 0 aliphatic carbocycles. The minimum absolute atomic E-state index is 0.112. The number of ether oxygens (including phenoxy) is 1. The fourth-order valence-corrected chi connectivity index (χ4v) is 2.34. The van der Waals surface area contributed by atoms with Crippen LogP contribution in [-0.4, -0.2) is 35.2 Å². The first-order chi connectivity index (χ1) is 9.74. The fourth-order valence-electron chi connectivity index (χ4n) is 2.34. The Kier molecular flexibility index (Phi) is 3.47. The summed E-state index contributed by atoms with van der Waals surface area (Å²) in [6, 6.07) is 4.68. The number of carboxylic acids is 1. The number of carbonyl (C=O) groups is 1. The van der Waals surface area contributed by atoms with Crippen LogP contribution in [0.25, 0.3) is 10.9 Å². The normalized spacial score (nSPS) is 18.3. The van der Waals surface area contributed by atoms with Crippen LogP contribution in [0.5, 0.6) is 0 Å². The Hall–Kier alpha value is -2.21. The molecule has 0 amide bonds. The van der Waals surface area contributed by atoms with E-state index in [2.05, 4.69) is 15.3 Å². The van der Waals surface area contributed by atoms with Crippen LogP contribution in [0.3, 0.4) is 0 Å². The van der Waals surface area contributed by atoms with Gasteiger partial charge in [0.05, 0.1) is 17.6 Å². The SMILES string of the molecule is O=C([O-])c1ccc2c(NC[C@@H]3CCCO3)ncnc2c1. The number of rotatable bonds is 4. The van der Waals surface area contributed by atoms with E-state index < -0.39 is 5.97 Å². The maximum Gasteiger partial charge on any atom is 0.137 e. The zero-order valence-corrected chi connectivity index (χ0v) is 10.8. The molecular formula is C14H14N3O3-. The maximum absolute atomic E-state index is 10.8. The van der Waals surface area contributed by atoms with Gasteiger partial charge in [-0.15, -0.1) is 0 Å². The average molecular weight is 272 g/mol. The standard InChI is InChI=1S/C14H15N3O3/c18-14(19)9-3-4-11-12(6-9)16-8-17-13(11)15-7-10-2-1-5-20-10/h3-4,6,8,10H,1-2,5,7H2,(H,18,19)(H,15,16,17)/p-1/t10-/m0/s1. The van der Waals surface area contributed by atoms with Crippen molar-refractivity contribution in [3.05, 3.63) is 30.1 Å². The van der Waals surface area contributed by atoms with Crippen LogP contribution in [0.15, 0.2) is 24.5 Å². The number of hydrogen-bond acceptors (Lipinski definition) is 6. The van der Waals surface area contributed by atoms with Gasteiger partial charge in [-0.05, 0) is 30.5 Å². The fraction of sp³-hybridized carbons (Fsp3) is 0.357. The Labute approximate surface area is 115 Å². The van der Waals surface area contributed by atoms with Crippen molar-refractivity contribution in [3.63, 3.8) is 0 Å². The molecule has 1 aliphatic heterocycles.